The van der Waals surface area contributed by atoms with Crippen LogP contribution in [-0.2, 0) is 11.3 Å². The highest BCUT2D eigenvalue weighted by molar-refractivity contribution is 5.88. The second-order valence-electron chi connectivity index (χ2n) is 6.28. The highest BCUT2D eigenvalue weighted by atomic mass is 19.3. The van der Waals surface area contributed by atoms with Crippen LogP contribution in [0.1, 0.15) is 29.0 Å². The largest absolute Gasteiger partial charge is 0.476 e. The van der Waals surface area contributed by atoms with Gasteiger partial charge in [-0.05, 0) is 24.3 Å². The first-order valence-corrected chi connectivity index (χ1v) is 8.32. The van der Waals surface area contributed by atoms with Crippen LogP contribution < -0.4 is 4.90 Å². The van der Waals surface area contributed by atoms with Crippen molar-refractivity contribution in [2.24, 2.45) is 0 Å². The Morgan fingerprint density at radius 3 is 2.41 bits per heavy atom. The number of aromatic carboxylic acids is 1. The Labute approximate surface area is 153 Å². The minimum Gasteiger partial charge on any atom is -0.476 e. The Morgan fingerprint density at radius 1 is 1.22 bits per heavy atom. The van der Waals surface area contributed by atoms with Crippen molar-refractivity contribution in [1.29, 1.82) is 0 Å². The van der Waals surface area contributed by atoms with Gasteiger partial charge in [0.05, 0.1) is 6.61 Å². The summed E-state index contributed by atoms with van der Waals surface area (Å²) in [6.45, 7) is 0.0127. The van der Waals surface area contributed by atoms with Gasteiger partial charge in [0.1, 0.15) is 17.2 Å². The van der Waals surface area contributed by atoms with Gasteiger partial charge in [-0.3, -0.25) is 0 Å². The van der Waals surface area contributed by atoms with Gasteiger partial charge in [-0.2, -0.15) is 0 Å². The summed E-state index contributed by atoms with van der Waals surface area (Å²) in [4.78, 5) is 21.8. The van der Waals surface area contributed by atoms with Crippen LogP contribution in [0.25, 0.3) is 11.3 Å². The topological polar surface area (TPSA) is 75.5 Å². The molecule has 6 nitrogen and oxygen atoms in total. The van der Waals surface area contributed by atoms with E-state index in [1.807, 2.05) is 0 Å². The molecule has 144 valence electrons. The Hall–Kier alpha value is -2.68. The second-order valence-corrected chi connectivity index (χ2v) is 6.28. The van der Waals surface area contributed by atoms with Gasteiger partial charge in [0, 0.05) is 38.6 Å². The monoisotopic (exact) mass is 381 g/mol. The lowest BCUT2D eigenvalue weighted by molar-refractivity contribution is -0.0221. The van der Waals surface area contributed by atoms with Crippen LogP contribution in [-0.4, -0.2) is 47.2 Å². The predicted molar refractivity (Wildman–Crippen MR) is 91.5 cm³/mol. The Bertz CT molecular complexity index is 834. The van der Waals surface area contributed by atoms with Gasteiger partial charge in [-0.25, -0.2) is 27.9 Å². The van der Waals surface area contributed by atoms with E-state index in [1.54, 1.807) is 4.90 Å². The molecule has 27 heavy (non-hydrogen) atoms. The molecule has 2 aromatic rings. The summed E-state index contributed by atoms with van der Waals surface area (Å²) in [5, 5.41) is 9.45. The number of carbonyl (C=O) groups is 1. The Kier molecular flexibility index (Phi) is 5.31. The van der Waals surface area contributed by atoms with Crippen molar-refractivity contribution in [3.63, 3.8) is 0 Å². The maximum absolute atomic E-state index is 13.5. The van der Waals surface area contributed by atoms with Gasteiger partial charge in [0.15, 0.2) is 11.5 Å². The molecule has 9 heteroatoms. The SMILES string of the molecule is COCc1nc(N2CCC(F)(F)CC2)c(-c2ccc(F)cc2)nc1C(=O)O. The third-order valence-corrected chi connectivity index (χ3v) is 4.35. The molecular weight excluding hydrogens is 363 g/mol. The quantitative estimate of drug-likeness (QED) is 0.856. The number of rotatable bonds is 5. The van der Waals surface area contributed by atoms with Crippen molar-refractivity contribution in [3.8, 4) is 11.3 Å². The van der Waals surface area contributed by atoms with E-state index in [2.05, 4.69) is 9.97 Å². The molecule has 0 aliphatic carbocycles. The zero-order chi connectivity index (χ0) is 19.6. The van der Waals surface area contributed by atoms with Gasteiger partial charge in [-0.15, -0.1) is 0 Å². The van der Waals surface area contributed by atoms with Crippen molar-refractivity contribution in [2.75, 3.05) is 25.1 Å². The summed E-state index contributed by atoms with van der Waals surface area (Å²) in [5.41, 5.74) is 0.464. The number of carboxylic acids is 1. The van der Waals surface area contributed by atoms with Gasteiger partial charge in [0.2, 0.25) is 0 Å². The number of halogens is 3. The van der Waals surface area contributed by atoms with Crippen molar-refractivity contribution >= 4 is 11.8 Å². The minimum absolute atomic E-state index is 0.0503. The molecule has 0 bridgehead atoms. The predicted octanol–water partition coefficient (Wildman–Crippen LogP) is 3.36. The number of nitrogens with zero attached hydrogens (tertiary/aromatic N) is 3. The van der Waals surface area contributed by atoms with E-state index >= 15 is 0 Å². The molecule has 1 aliphatic heterocycles. The Balaban J connectivity index is 2.12. The van der Waals surface area contributed by atoms with E-state index in [-0.39, 0.29) is 55.4 Å². The first-order chi connectivity index (χ1) is 12.8. The molecule has 1 aromatic carbocycles. The molecule has 0 unspecified atom stereocenters. The summed E-state index contributed by atoms with van der Waals surface area (Å²) in [5.74, 6) is -4.19. The summed E-state index contributed by atoms with van der Waals surface area (Å²) < 4.78 is 45.3. The van der Waals surface area contributed by atoms with Crippen LogP contribution >= 0.6 is 0 Å². The number of alkyl halides is 2. The number of anilines is 1. The van der Waals surface area contributed by atoms with E-state index in [0.29, 0.717) is 5.56 Å². The van der Waals surface area contributed by atoms with Crippen LogP contribution in [0.3, 0.4) is 0 Å². The highest BCUT2D eigenvalue weighted by Gasteiger charge is 2.35. The maximum atomic E-state index is 13.5. The smallest absolute Gasteiger partial charge is 0.356 e. The Morgan fingerprint density at radius 2 is 1.85 bits per heavy atom. The fraction of sp³-hybridized carbons (Fsp3) is 0.389. The molecule has 0 saturated carbocycles. The van der Waals surface area contributed by atoms with E-state index in [9.17, 15) is 23.1 Å². The molecule has 1 saturated heterocycles. The van der Waals surface area contributed by atoms with E-state index in [4.69, 9.17) is 4.74 Å². The lowest BCUT2D eigenvalue weighted by Gasteiger charge is -2.33. The highest BCUT2D eigenvalue weighted by Crippen LogP contribution is 2.34. The normalized spacial score (nSPS) is 16.4. The van der Waals surface area contributed by atoms with Gasteiger partial charge < -0.3 is 14.7 Å². The first-order valence-electron chi connectivity index (χ1n) is 8.32. The van der Waals surface area contributed by atoms with Crippen molar-refractivity contribution < 1.29 is 27.8 Å². The maximum Gasteiger partial charge on any atom is 0.356 e. The number of benzene rings is 1. The van der Waals surface area contributed by atoms with Crippen LogP contribution in [0, 0.1) is 5.82 Å². The molecule has 3 rings (SSSR count). The zero-order valence-electron chi connectivity index (χ0n) is 14.6. The number of piperidine rings is 1. The van der Waals surface area contributed by atoms with Crippen LogP contribution in [0.5, 0.6) is 0 Å². The third kappa shape index (κ3) is 4.19. The van der Waals surface area contributed by atoms with Gasteiger partial charge in [-0.1, -0.05) is 0 Å². The van der Waals surface area contributed by atoms with Gasteiger partial charge in [0.25, 0.3) is 5.92 Å². The lowest BCUT2D eigenvalue weighted by Crippen LogP contribution is -2.40. The van der Waals surface area contributed by atoms with Crippen molar-refractivity contribution in [2.45, 2.75) is 25.4 Å². The van der Waals surface area contributed by atoms with E-state index < -0.39 is 17.7 Å². The first kappa shape index (κ1) is 19.1. The molecule has 2 heterocycles. The van der Waals surface area contributed by atoms with Crippen molar-refractivity contribution in [3.05, 3.63) is 41.5 Å². The van der Waals surface area contributed by atoms with Crippen LogP contribution in [0.15, 0.2) is 24.3 Å². The van der Waals surface area contributed by atoms with E-state index in [0.717, 1.165) is 0 Å². The number of hydrogen-bond acceptors (Lipinski definition) is 5. The lowest BCUT2D eigenvalue weighted by atomic mass is 10.1. The fourth-order valence-corrected chi connectivity index (χ4v) is 2.94. The minimum atomic E-state index is -2.74. The summed E-state index contributed by atoms with van der Waals surface area (Å²) in [6.07, 6.45) is -0.671. The summed E-state index contributed by atoms with van der Waals surface area (Å²) in [6, 6.07) is 5.33. The molecule has 0 radical (unpaired) electrons. The van der Waals surface area contributed by atoms with E-state index in [1.165, 1.54) is 31.4 Å². The summed E-state index contributed by atoms with van der Waals surface area (Å²) in [7, 11) is 1.39. The average Bonchev–Trinajstić information content (AvgIpc) is 2.62. The fourth-order valence-electron chi connectivity index (χ4n) is 2.94. The van der Waals surface area contributed by atoms with Crippen LogP contribution in [0.4, 0.5) is 19.0 Å². The van der Waals surface area contributed by atoms with Crippen molar-refractivity contribution in [1.82, 2.24) is 9.97 Å². The molecule has 1 fully saturated rings. The zero-order valence-corrected chi connectivity index (χ0v) is 14.6. The molecule has 0 amide bonds. The average molecular weight is 381 g/mol. The number of carboxylic acid groups (broad SMARTS) is 1. The molecule has 1 N–H and O–H groups in total. The third-order valence-electron chi connectivity index (χ3n) is 4.35. The number of hydrogen-bond donors (Lipinski definition) is 1. The molecule has 1 aliphatic rings. The standard InChI is InChI=1S/C18H18F3N3O3/c1-27-10-13-15(17(25)26)23-14(11-2-4-12(19)5-3-11)16(22-13)24-8-6-18(20,21)7-9-24/h2-5H,6-10H2,1H3,(H,25,26). The molecular formula is C18H18F3N3O3. The van der Waals surface area contributed by atoms with Crippen LogP contribution in [0.2, 0.25) is 0 Å². The number of methoxy groups -OCH3 is 1. The second kappa shape index (κ2) is 7.51. The summed E-state index contributed by atoms with van der Waals surface area (Å²) >= 11 is 0. The molecule has 1 aromatic heterocycles. The molecule has 0 atom stereocenters. The number of aromatic nitrogens is 2. The number of ether oxygens (including phenoxy) is 1. The van der Waals surface area contributed by atoms with Gasteiger partial charge >= 0.3 is 5.97 Å². The molecule has 0 spiro atoms.